The minimum atomic E-state index is 0.387. The van der Waals surface area contributed by atoms with Gasteiger partial charge in [0.2, 0.25) is 0 Å². The number of rotatable bonds is 7. The lowest BCUT2D eigenvalue weighted by molar-refractivity contribution is 0.137. The monoisotopic (exact) mass is 451 g/mol. The standard InChI is InChI=1S/C27H34ClN3O/c1-5-19-10-9-11-20(6-2)25(19)27-29-26(28)24(30(27)3)18-31-17-8-7-12-23(31)21-13-15-22(32-4)16-14-21/h9-11,13-16,23H,5-8,12,17-18H2,1-4H3. The van der Waals surface area contributed by atoms with Crippen molar-refractivity contribution in [3.8, 4) is 17.1 Å². The Balaban J connectivity index is 1.67. The van der Waals surface area contributed by atoms with Gasteiger partial charge in [0.05, 0.1) is 12.8 Å². The summed E-state index contributed by atoms with van der Waals surface area (Å²) in [6, 6.07) is 15.5. The normalized spacial score (nSPS) is 17.0. The summed E-state index contributed by atoms with van der Waals surface area (Å²) in [5.41, 5.74) is 6.34. The third-order valence-electron chi connectivity index (χ3n) is 6.85. The molecule has 32 heavy (non-hydrogen) atoms. The second-order valence-corrected chi connectivity index (χ2v) is 9.00. The maximum atomic E-state index is 6.77. The lowest BCUT2D eigenvalue weighted by atomic mass is 9.95. The molecule has 1 atom stereocenters. The predicted molar refractivity (Wildman–Crippen MR) is 132 cm³/mol. The first-order valence-corrected chi connectivity index (χ1v) is 12.1. The summed E-state index contributed by atoms with van der Waals surface area (Å²) in [5, 5.41) is 0.620. The van der Waals surface area contributed by atoms with Crippen LogP contribution < -0.4 is 4.74 Å². The molecule has 0 saturated carbocycles. The number of aromatic nitrogens is 2. The van der Waals surface area contributed by atoms with Gasteiger partial charge in [-0.3, -0.25) is 4.90 Å². The fourth-order valence-corrected chi connectivity index (χ4v) is 5.27. The van der Waals surface area contributed by atoms with E-state index in [2.05, 4.69) is 72.8 Å². The van der Waals surface area contributed by atoms with Crippen LogP contribution in [-0.2, 0) is 26.4 Å². The van der Waals surface area contributed by atoms with Crippen molar-refractivity contribution in [2.24, 2.45) is 7.05 Å². The Morgan fingerprint density at radius 2 is 1.72 bits per heavy atom. The number of benzene rings is 2. The van der Waals surface area contributed by atoms with E-state index in [1.54, 1.807) is 7.11 Å². The van der Waals surface area contributed by atoms with Gasteiger partial charge in [-0.1, -0.05) is 62.2 Å². The maximum absolute atomic E-state index is 6.77. The smallest absolute Gasteiger partial charge is 0.152 e. The van der Waals surface area contributed by atoms with Crippen LogP contribution >= 0.6 is 11.6 Å². The van der Waals surface area contributed by atoms with E-state index < -0.39 is 0 Å². The molecule has 2 heterocycles. The zero-order chi connectivity index (χ0) is 22.7. The fraction of sp³-hybridized carbons (Fsp3) is 0.444. The number of hydrogen-bond acceptors (Lipinski definition) is 3. The van der Waals surface area contributed by atoms with E-state index in [0.29, 0.717) is 11.2 Å². The number of methoxy groups -OCH3 is 1. The van der Waals surface area contributed by atoms with Gasteiger partial charge in [-0.25, -0.2) is 4.98 Å². The van der Waals surface area contributed by atoms with E-state index in [1.807, 2.05) is 0 Å². The Bertz CT molecular complexity index is 1040. The SMILES string of the molecule is CCc1cccc(CC)c1-c1nc(Cl)c(CN2CCCCC2c2ccc(OC)cc2)n1C. The van der Waals surface area contributed by atoms with Crippen molar-refractivity contribution >= 4 is 11.6 Å². The van der Waals surface area contributed by atoms with Gasteiger partial charge in [-0.15, -0.1) is 0 Å². The predicted octanol–water partition coefficient (Wildman–Crippen LogP) is 6.60. The van der Waals surface area contributed by atoms with Crippen LogP contribution in [0, 0.1) is 0 Å². The number of likely N-dealkylation sites (tertiary alicyclic amines) is 1. The Morgan fingerprint density at radius 3 is 2.34 bits per heavy atom. The number of halogens is 1. The van der Waals surface area contributed by atoms with Crippen LogP contribution in [0.15, 0.2) is 42.5 Å². The number of hydrogen-bond donors (Lipinski definition) is 0. The molecular formula is C27H34ClN3O. The van der Waals surface area contributed by atoms with Crippen molar-refractivity contribution in [3.63, 3.8) is 0 Å². The number of ether oxygens (including phenoxy) is 1. The summed E-state index contributed by atoms with van der Waals surface area (Å²) in [6.07, 6.45) is 5.59. The fourth-order valence-electron chi connectivity index (χ4n) is 5.00. The molecule has 1 fully saturated rings. The van der Waals surface area contributed by atoms with Crippen LogP contribution in [0.2, 0.25) is 5.15 Å². The minimum Gasteiger partial charge on any atom is -0.497 e. The van der Waals surface area contributed by atoms with Crippen molar-refractivity contribution < 1.29 is 4.74 Å². The van der Waals surface area contributed by atoms with Crippen molar-refractivity contribution in [1.29, 1.82) is 0 Å². The summed E-state index contributed by atoms with van der Waals surface area (Å²) < 4.78 is 7.57. The van der Waals surface area contributed by atoms with Gasteiger partial charge in [0.15, 0.2) is 5.15 Å². The van der Waals surface area contributed by atoms with Crippen LogP contribution in [-0.4, -0.2) is 28.1 Å². The molecule has 4 nitrogen and oxygen atoms in total. The third-order valence-corrected chi connectivity index (χ3v) is 7.16. The van der Waals surface area contributed by atoms with E-state index in [1.165, 1.54) is 35.1 Å². The number of aryl methyl sites for hydroxylation is 2. The summed E-state index contributed by atoms with van der Waals surface area (Å²) in [4.78, 5) is 7.43. The molecule has 1 saturated heterocycles. The van der Waals surface area contributed by atoms with Crippen LogP contribution in [0.4, 0.5) is 0 Å². The molecule has 170 valence electrons. The Hall–Kier alpha value is -2.30. The third kappa shape index (κ3) is 4.44. The highest BCUT2D eigenvalue weighted by atomic mass is 35.5. The molecule has 5 heteroatoms. The summed E-state index contributed by atoms with van der Waals surface area (Å²) in [5.74, 6) is 1.88. The average Bonchev–Trinajstić information content (AvgIpc) is 3.11. The van der Waals surface area contributed by atoms with Crippen LogP contribution in [0.5, 0.6) is 5.75 Å². The summed E-state index contributed by atoms with van der Waals surface area (Å²) in [7, 11) is 3.83. The molecule has 0 radical (unpaired) electrons. The lowest BCUT2D eigenvalue weighted by Crippen LogP contribution is -2.33. The Kier molecular flexibility index (Phi) is 7.22. The number of imidazole rings is 1. The second-order valence-electron chi connectivity index (χ2n) is 8.65. The maximum Gasteiger partial charge on any atom is 0.152 e. The Labute approximate surface area is 197 Å². The largest absolute Gasteiger partial charge is 0.497 e. The second kappa shape index (κ2) is 10.1. The molecule has 0 N–H and O–H groups in total. The molecule has 2 aromatic carbocycles. The highest BCUT2D eigenvalue weighted by Gasteiger charge is 2.27. The molecule has 4 rings (SSSR count). The summed E-state index contributed by atoms with van der Waals surface area (Å²) >= 11 is 6.77. The molecule has 1 aliphatic heterocycles. The van der Waals surface area contributed by atoms with Crippen molar-refractivity contribution in [2.75, 3.05) is 13.7 Å². The summed E-state index contributed by atoms with van der Waals surface area (Å²) in [6.45, 7) is 6.28. The molecule has 1 aliphatic rings. The molecular weight excluding hydrogens is 418 g/mol. The minimum absolute atomic E-state index is 0.387. The highest BCUT2D eigenvalue weighted by Crippen LogP contribution is 2.36. The molecule has 0 amide bonds. The quantitative estimate of drug-likeness (QED) is 0.405. The molecule has 0 spiro atoms. The van der Waals surface area contributed by atoms with Crippen molar-refractivity contribution in [3.05, 3.63) is 70.0 Å². The highest BCUT2D eigenvalue weighted by molar-refractivity contribution is 6.30. The van der Waals surface area contributed by atoms with Gasteiger partial charge in [-0.2, -0.15) is 0 Å². The molecule has 1 unspecified atom stereocenters. The van der Waals surface area contributed by atoms with E-state index in [0.717, 1.165) is 49.6 Å². The topological polar surface area (TPSA) is 30.3 Å². The Morgan fingerprint density at radius 1 is 1.03 bits per heavy atom. The zero-order valence-electron chi connectivity index (χ0n) is 19.7. The van der Waals surface area contributed by atoms with E-state index in [-0.39, 0.29) is 0 Å². The van der Waals surface area contributed by atoms with Gasteiger partial charge in [0, 0.05) is 25.2 Å². The van der Waals surface area contributed by atoms with Crippen molar-refractivity contribution in [2.45, 2.75) is 58.5 Å². The van der Waals surface area contributed by atoms with Gasteiger partial charge in [0.1, 0.15) is 11.6 Å². The lowest BCUT2D eigenvalue weighted by Gasteiger charge is -2.36. The first kappa shape index (κ1) is 22.9. The van der Waals surface area contributed by atoms with Crippen LogP contribution in [0.25, 0.3) is 11.4 Å². The van der Waals surface area contributed by atoms with Gasteiger partial charge < -0.3 is 9.30 Å². The average molecular weight is 452 g/mol. The van der Waals surface area contributed by atoms with E-state index >= 15 is 0 Å². The van der Waals surface area contributed by atoms with Gasteiger partial charge in [0.25, 0.3) is 0 Å². The van der Waals surface area contributed by atoms with Crippen molar-refractivity contribution in [1.82, 2.24) is 14.5 Å². The number of nitrogens with zero attached hydrogens (tertiary/aromatic N) is 3. The molecule has 1 aromatic heterocycles. The zero-order valence-corrected chi connectivity index (χ0v) is 20.5. The van der Waals surface area contributed by atoms with Crippen LogP contribution in [0.3, 0.4) is 0 Å². The number of piperidine rings is 1. The van der Waals surface area contributed by atoms with Gasteiger partial charge >= 0.3 is 0 Å². The molecule has 0 bridgehead atoms. The molecule has 3 aromatic rings. The first-order valence-electron chi connectivity index (χ1n) is 11.8. The van der Waals surface area contributed by atoms with Crippen LogP contribution in [0.1, 0.15) is 61.5 Å². The molecule has 0 aliphatic carbocycles. The van der Waals surface area contributed by atoms with Gasteiger partial charge in [-0.05, 0) is 61.1 Å². The van der Waals surface area contributed by atoms with E-state index in [9.17, 15) is 0 Å². The van der Waals surface area contributed by atoms with E-state index in [4.69, 9.17) is 21.3 Å². The first-order chi connectivity index (χ1) is 15.6.